The molecule has 1 aliphatic heterocycles. The van der Waals surface area contributed by atoms with Crippen LogP contribution in [0.25, 0.3) is 0 Å². The Morgan fingerprint density at radius 2 is 2.00 bits per heavy atom. The number of hydrogen-bond acceptors (Lipinski definition) is 5. The first-order valence-corrected chi connectivity index (χ1v) is 10.3. The van der Waals surface area contributed by atoms with E-state index in [1.807, 2.05) is 12.1 Å². The third-order valence-electron chi connectivity index (χ3n) is 5.20. The molecule has 4 rings (SSSR count). The van der Waals surface area contributed by atoms with E-state index in [-0.39, 0.29) is 29.7 Å². The number of nitriles is 1. The molecule has 0 bridgehead atoms. The van der Waals surface area contributed by atoms with Crippen LogP contribution in [0.15, 0.2) is 69.7 Å². The van der Waals surface area contributed by atoms with Crippen molar-refractivity contribution in [3.8, 4) is 11.8 Å². The summed E-state index contributed by atoms with van der Waals surface area (Å²) in [6.07, 6.45) is 1.76. The lowest BCUT2D eigenvalue weighted by Crippen LogP contribution is -2.27. The van der Waals surface area contributed by atoms with Gasteiger partial charge in [0.15, 0.2) is 5.78 Å². The number of rotatable bonds is 4. The minimum atomic E-state index is -0.561. The van der Waals surface area contributed by atoms with Gasteiger partial charge >= 0.3 is 0 Å². The van der Waals surface area contributed by atoms with Crippen LogP contribution in [-0.2, 0) is 16.1 Å². The number of benzene rings is 2. The van der Waals surface area contributed by atoms with Crippen molar-refractivity contribution in [3.05, 3.63) is 86.7 Å². The summed E-state index contributed by atoms with van der Waals surface area (Å²) < 4.78 is 25.2. The Bertz CT molecular complexity index is 1120. The predicted octanol–water partition coefficient (Wildman–Crippen LogP) is 4.98. The van der Waals surface area contributed by atoms with Crippen molar-refractivity contribution in [2.45, 2.75) is 31.8 Å². The summed E-state index contributed by atoms with van der Waals surface area (Å²) in [4.78, 5) is 12.6. The van der Waals surface area contributed by atoms with E-state index in [1.54, 1.807) is 18.2 Å². The summed E-state index contributed by atoms with van der Waals surface area (Å²) in [7, 11) is 0. The zero-order chi connectivity index (χ0) is 21.3. The van der Waals surface area contributed by atoms with Crippen molar-refractivity contribution in [3.63, 3.8) is 0 Å². The average Bonchev–Trinajstić information content (AvgIpc) is 2.73. The monoisotopic (exact) mass is 468 g/mol. The summed E-state index contributed by atoms with van der Waals surface area (Å²) in [6, 6.07) is 13.6. The standard InChI is InChI=1S/C23H18BrFN2O3/c24-17-10-14(6-9-19(17)29-12-13-4-7-15(25)8-5-13)21-16(11-26)23(27)30-20-3-1-2-18(28)22(20)21/h4-10,21H,1-3,12,27H2/t21-/m0/s1. The molecular weight excluding hydrogens is 451 g/mol. The first-order chi connectivity index (χ1) is 14.5. The smallest absolute Gasteiger partial charge is 0.205 e. The Morgan fingerprint density at radius 3 is 2.70 bits per heavy atom. The van der Waals surface area contributed by atoms with Crippen LogP contribution < -0.4 is 10.5 Å². The van der Waals surface area contributed by atoms with Gasteiger partial charge in [0.1, 0.15) is 35.6 Å². The van der Waals surface area contributed by atoms with Gasteiger partial charge in [-0.3, -0.25) is 4.79 Å². The number of nitrogens with zero attached hydrogens (tertiary/aromatic N) is 1. The zero-order valence-corrected chi connectivity index (χ0v) is 17.5. The SMILES string of the molecule is N#CC1=C(N)OC2=C(C(=O)CCC2)[C@H]1c1ccc(OCc2ccc(F)cc2)c(Br)c1. The summed E-state index contributed by atoms with van der Waals surface area (Å²) in [5, 5.41) is 9.66. The molecule has 1 aliphatic carbocycles. The molecule has 2 aromatic rings. The number of ketones is 1. The van der Waals surface area contributed by atoms with Crippen molar-refractivity contribution >= 4 is 21.7 Å². The van der Waals surface area contributed by atoms with Gasteiger partial charge in [-0.1, -0.05) is 18.2 Å². The highest BCUT2D eigenvalue weighted by Gasteiger charge is 2.38. The van der Waals surface area contributed by atoms with Crippen molar-refractivity contribution in [1.29, 1.82) is 5.26 Å². The van der Waals surface area contributed by atoms with E-state index >= 15 is 0 Å². The van der Waals surface area contributed by atoms with E-state index in [0.29, 0.717) is 40.8 Å². The van der Waals surface area contributed by atoms with E-state index in [1.165, 1.54) is 12.1 Å². The van der Waals surface area contributed by atoms with Gasteiger partial charge in [-0.2, -0.15) is 5.26 Å². The van der Waals surface area contributed by atoms with Gasteiger partial charge in [-0.25, -0.2) is 4.39 Å². The Hall–Kier alpha value is -3.11. The van der Waals surface area contributed by atoms with Crippen LogP contribution >= 0.6 is 15.9 Å². The fourth-order valence-corrected chi connectivity index (χ4v) is 4.26. The number of hydrogen-bond donors (Lipinski definition) is 1. The molecule has 0 saturated heterocycles. The lowest BCUT2D eigenvalue weighted by Gasteiger charge is -2.31. The lowest BCUT2D eigenvalue weighted by atomic mass is 9.77. The molecule has 0 fully saturated rings. The van der Waals surface area contributed by atoms with Gasteiger partial charge in [0.25, 0.3) is 0 Å². The summed E-state index contributed by atoms with van der Waals surface area (Å²) in [5.41, 5.74) is 8.32. The van der Waals surface area contributed by atoms with Gasteiger partial charge < -0.3 is 15.2 Å². The fourth-order valence-electron chi connectivity index (χ4n) is 3.75. The zero-order valence-electron chi connectivity index (χ0n) is 16.0. The number of nitrogens with two attached hydrogens (primary N) is 1. The molecule has 2 aliphatic rings. The molecule has 0 radical (unpaired) electrons. The normalized spacial score (nSPS) is 18.6. The molecule has 30 heavy (non-hydrogen) atoms. The largest absolute Gasteiger partial charge is 0.488 e. The van der Waals surface area contributed by atoms with E-state index in [9.17, 15) is 14.4 Å². The molecule has 0 saturated carbocycles. The Labute approximate surface area is 181 Å². The molecule has 5 nitrogen and oxygen atoms in total. The van der Waals surface area contributed by atoms with Crippen LogP contribution in [0.2, 0.25) is 0 Å². The summed E-state index contributed by atoms with van der Waals surface area (Å²) >= 11 is 3.51. The number of halogens is 2. The second-order valence-corrected chi connectivity index (χ2v) is 8.00. The highest BCUT2D eigenvalue weighted by atomic mass is 79.9. The van der Waals surface area contributed by atoms with E-state index < -0.39 is 5.92 Å². The molecule has 0 aromatic heterocycles. The molecule has 1 heterocycles. The first kappa shape index (κ1) is 20.2. The quantitative estimate of drug-likeness (QED) is 0.683. The highest BCUT2D eigenvalue weighted by Crippen LogP contribution is 2.44. The molecular formula is C23H18BrFN2O3. The maximum absolute atomic E-state index is 13.0. The molecule has 0 amide bonds. The second-order valence-electron chi connectivity index (χ2n) is 7.14. The molecule has 0 unspecified atom stereocenters. The fraction of sp³-hybridized carbons (Fsp3) is 0.217. The average molecular weight is 469 g/mol. The first-order valence-electron chi connectivity index (χ1n) is 9.48. The molecule has 1 atom stereocenters. The number of ether oxygens (including phenoxy) is 2. The van der Waals surface area contributed by atoms with Gasteiger partial charge in [0.05, 0.1) is 10.4 Å². The Kier molecular flexibility index (Phi) is 5.60. The van der Waals surface area contributed by atoms with Gasteiger partial charge in [0, 0.05) is 18.4 Å². The third-order valence-corrected chi connectivity index (χ3v) is 5.82. The van der Waals surface area contributed by atoms with Crippen LogP contribution in [0, 0.1) is 17.1 Å². The molecule has 2 N–H and O–H groups in total. The summed E-state index contributed by atoms with van der Waals surface area (Å²) in [6.45, 7) is 0.277. The maximum Gasteiger partial charge on any atom is 0.205 e. The van der Waals surface area contributed by atoms with Gasteiger partial charge in [-0.15, -0.1) is 0 Å². The van der Waals surface area contributed by atoms with E-state index in [0.717, 1.165) is 11.1 Å². The van der Waals surface area contributed by atoms with Crippen molar-refractivity contribution < 1.29 is 18.7 Å². The van der Waals surface area contributed by atoms with E-state index in [4.69, 9.17) is 15.2 Å². The number of carbonyl (C=O) groups excluding carboxylic acids is 1. The van der Waals surface area contributed by atoms with E-state index in [2.05, 4.69) is 22.0 Å². The minimum Gasteiger partial charge on any atom is -0.488 e. The molecule has 2 aromatic carbocycles. The predicted molar refractivity (Wildman–Crippen MR) is 111 cm³/mol. The molecule has 7 heteroatoms. The van der Waals surface area contributed by atoms with Crippen LogP contribution in [0.3, 0.4) is 0 Å². The third kappa shape index (κ3) is 3.83. The van der Waals surface area contributed by atoms with Crippen molar-refractivity contribution in [2.24, 2.45) is 5.73 Å². The number of Topliss-reactive ketones (excluding diaryl/α,β-unsaturated/α-hetero) is 1. The van der Waals surface area contributed by atoms with Crippen molar-refractivity contribution in [1.82, 2.24) is 0 Å². The lowest BCUT2D eigenvalue weighted by molar-refractivity contribution is -0.116. The Morgan fingerprint density at radius 1 is 1.23 bits per heavy atom. The van der Waals surface area contributed by atoms with Crippen molar-refractivity contribution in [2.75, 3.05) is 0 Å². The number of carbonyl (C=O) groups is 1. The Balaban J connectivity index is 1.64. The minimum absolute atomic E-state index is 0.0192. The van der Waals surface area contributed by atoms with Gasteiger partial charge in [-0.05, 0) is 57.7 Å². The highest BCUT2D eigenvalue weighted by molar-refractivity contribution is 9.10. The number of allylic oxidation sites excluding steroid dienone is 3. The summed E-state index contributed by atoms with van der Waals surface area (Å²) in [5.74, 6) is 0.314. The molecule has 152 valence electrons. The van der Waals surface area contributed by atoms with Crippen LogP contribution in [0.1, 0.15) is 36.3 Å². The van der Waals surface area contributed by atoms with Crippen LogP contribution in [0.4, 0.5) is 4.39 Å². The second kappa shape index (κ2) is 8.33. The topological polar surface area (TPSA) is 85.3 Å². The molecule has 0 spiro atoms. The van der Waals surface area contributed by atoms with Gasteiger partial charge in [0.2, 0.25) is 5.88 Å². The van der Waals surface area contributed by atoms with Crippen LogP contribution in [-0.4, -0.2) is 5.78 Å². The van der Waals surface area contributed by atoms with Crippen LogP contribution in [0.5, 0.6) is 5.75 Å². The maximum atomic E-state index is 13.0.